The molecule has 7 heteroatoms. The number of likely N-dealkylation sites (tertiary alicyclic amines) is 1. The van der Waals surface area contributed by atoms with Gasteiger partial charge in [-0.1, -0.05) is 43.2 Å². The Kier molecular flexibility index (Phi) is 5.50. The smallest absolute Gasteiger partial charge is 0.290 e. The normalized spacial score (nSPS) is 25.8. The van der Waals surface area contributed by atoms with Crippen LogP contribution in [0.2, 0.25) is 0 Å². The molecular weight excluding hydrogens is 414 g/mol. The number of hydrogen-bond donors (Lipinski definition) is 0. The van der Waals surface area contributed by atoms with Crippen LogP contribution in [0.15, 0.2) is 48.9 Å². The Balaban J connectivity index is 1.33. The summed E-state index contributed by atoms with van der Waals surface area (Å²) in [5, 5.41) is 0. The molecule has 2 aromatic heterocycles. The predicted octanol–water partition coefficient (Wildman–Crippen LogP) is 3.75. The molecule has 3 aromatic rings. The Morgan fingerprint density at radius 1 is 1.00 bits per heavy atom. The SMILES string of the molecule is O=C(c1nc(N2CCOCC2)c2cnccn12)N1CCC(c2ccccc2)C2CCCCC21. The molecular formula is C26H31N5O2. The molecule has 1 saturated carbocycles. The number of benzene rings is 1. The Morgan fingerprint density at radius 3 is 2.67 bits per heavy atom. The van der Waals surface area contributed by atoms with E-state index in [1.54, 1.807) is 6.20 Å². The first-order chi connectivity index (χ1) is 16.3. The van der Waals surface area contributed by atoms with Crippen molar-refractivity contribution in [3.8, 4) is 0 Å². The summed E-state index contributed by atoms with van der Waals surface area (Å²) in [6, 6.07) is 11.2. The van der Waals surface area contributed by atoms with Crippen LogP contribution in [0.3, 0.4) is 0 Å². The van der Waals surface area contributed by atoms with Gasteiger partial charge in [-0.3, -0.25) is 14.2 Å². The van der Waals surface area contributed by atoms with Crippen LogP contribution >= 0.6 is 0 Å². The van der Waals surface area contributed by atoms with Gasteiger partial charge in [0.1, 0.15) is 5.52 Å². The third kappa shape index (κ3) is 3.68. The molecule has 1 aromatic carbocycles. The first-order valence-electron chi connectivity index (χ1n) is 12.3. The number of rotatable bonds is 3. The van der Waals surface area contributed by atoms with Crippen molar-refractivity contribution in [1.29, 1.82) is 0 Å². The van der Waals surface area contributed by atoms with Crippen LogP contribution in [0, 0.1) is 5.92 Å². The maximum atomic E-state index is 14.0. The molecule has 3 fully saturated rings. The lowest BCUT2D eigenvalue weighted by Gasteiger charge is -2.48. The third-order valence-corrected chi connectivity index (χ3v) is 7.80. The van der Waals surface area contributed by atoms with Crippen molar-refractivity contribution in [1.82, 2.24) is 19.3 Å². The number of aromatic nitrogens is 3. The average molecular weight is 446 g/mol. The Morgan fingerprint density at radius 2 is 1.82 bits per heavy atom. The molecule has 3 aliphatic rings. The first kappa shape index (κ1) is 20.7. The maximum absolute atomic E-state index is 14.0. The van der Waals surface area contributed by atoms with Crippen molar-refractivity contribution in [2.24, 2.45) is 5.92 Å². The lowest BCUT2D eigenvalue weighted by molar-refractivity contribution is 0.0308. The van der Waals surface area contributed by atoms with Gasteiger partial charge in [-0.05, 0) is 36.7 Å². The molecule has 1 aliphatic carbocycles. The number of ether oxygens (including phenoxy) is 1. The molecule has 1 amide bonds. The fraction of sp³-hybridized carbons (Fsp3) is 0.500. The minimum atomic E-state index is 0.0547. The van der Waals surface area contributed by atoms with Crippen LogP contribution in [-0.2, 0) is 4.74 Å². The van der Waals surface area contributed by atoms with Gasteiger partial charge < -0.3 is 14.5 Å². The minimum Gasteiger partial charge on any atom is -0.378 e. The number of carbonyl (C=O) groups excluding carboxylic acids is 1. The number of carbonyl (C=O) groups is 1. The fourth-order valence-electron chi connectivity index (χ4n) is 6.23. The largest absolute Gasteiger partial charge is 0.378 e. The number of imidazole rings is 1. The van der Waals surface area contributed by atoms with Crippen molar-refractivity contribution in [2.45, 2.75) is 44.1 Å². The highest BCUT2D eigenvalue weighted by atomic mass is 16.5. The molecule has 7 nitrogen and oxygen atoms in total. The summed E-state index contributed by atoms with van der Waals surface area (Å²) >= 11 is 0. The first-order valence-corrected chi connectivity index (χ1v) is 12.3. The van der Waals surface area contributed by atoms with E-state index in [2.05, 4.69) is 45.1 Å². The molecule has 0 N–H and O–H groups in total. The molecule has 4 heterocycles. The van der Waals surface area contributed by atoms with Gasteiger partial charge in [-0.15, -0.1) is 0 Å². The van der Waals surface area contributed by atoms with Crippen LogP contribution in [-0.4, -0.2) is 64.1 Å². The van der Waals surface area contributed by atoms with Crippen molar-refractivity contribution >= 4 is 17.2 Å². The van der Waals surface area contributed by atoms with Gasteiger partial charge in [-0.25, -0.2) is 4.98 Å². The monoisotopic (exact) mass is 445 g/mol. The standard InChI is InChI=1S/C26H31N5O2/c32-26(25-28-24(29-14-16-33-17-15-29)23-18-27-11-13-30(23)25)31-12-10-20(19-6-2-1-3-7-19)21-8-4-5-9-22(21)31/h1-3,6-7,11,13,18,20-22H,4-5,8-10,12,14-17H2. The summed E-state index contributed by atoms with van der Waals surface area (Å²) in [6.07, 6.45) is 11.2. The maximum Gasteiger partial charge on any atom is 0.290 e. The third-order valence-electron chi connectivity index (χ3n) is 7.80. The lowest BCUT2D eigenvalue weighted by Crippen LogP contribution is -2.52. The summed E-state index contributed by atoms with van der Waals surface area (Å²) in [6.45, 7) is 3.70. The zero-order valence-corrected chi connectivity index (χ0v) is 19.0. The Bertz CT molecular complexity index is 1120. The number of hydrogen-bond acceptors (Lipinski definition) is 5. The second-order valence-corrected chi connectivity index (χ2v) is 9.51. The molecule has 6 rings (SSSR count). The van der Waals surface area contributed by atoms with Gasteiger partial charge in [-0.2, -0.15) is 0 Å². The molecule has 33 heavy (non-hydrogen) atoms. The van der Waals surface area contributed by atoms with Crippen LogP contribution < -0.4 is 4.90 Å². The van der Waals surface area contributed by atoms with E-state index in [0.717, 1.165) is 43.8 Å². The van der Waals surface area contributed by atoms with Crippen molar-refractivity contribution in [3.05, 3.63) is 60.3 Å². The number of amides is 1. The lowest BCUT2D eigenvalue weighted by atomic mass is 9.69. The highest BCUT2D eigenvalue weighted by Gasteiger charge is 2.42. The van der Waals surface area contributed by atoms with Gasteiger partial charge in [0.25, 0.3) is 5.91 Å². The van der Waals surface area contributed by atoms with E-state index in [9.17, 15) is 4.79 Å². The summed E-state index contributed by atoms with van der Waals surface area (Å²) in [5.41, 5.74) is 2.32. The second-order valence-electron chi connectivity index (χ2n) is 9.51. The molecule has 0 radical (unpaired) electrons. The highest BCUT2D eigenvalue weighted by Crippen LogP contribution is 2.44. The van der Waals surface area contributed by atoms with E-state index in [4.69, 9.17) is 9.72 Å². The highest BCUT2D eigenvalue weighted by molar-refractivity contribution is 5.94. The molecule has 2 saturated heterocycles. The number of anilines is 1. The summed E-state index contributed by atoms with van der Waals surface area (Å²) in [5.74, 6) is 2.46. The zero-order chi connectivity index (χ0) is 22.2. The number of nitrogens with zero attached hydrogens (tertiary/aromatic N) is 5. The molecule has 3 unspecified atom stereocenters. The van der Waals surface area contributed by atoms with E-state index in [-0.39, 0.29) is 11.9 Å². The van der Waals surface area contributed by atoms with E-state index >= 15 is 0 Å². The van der Waals surface area contributed by atoms with Crippen molar-refractivity contribution in [3.63, 3.8) is 0 Å². The van der Waals surface area contributed by atoms with Crippen LogP contribution in [0.25, 0.3) is 5.52 Å². The number of fused-ring (bicyclic) bond motifs is 2. The Labute approximate surface area is 194 Å². The van der Waals surface area contributed by atoms with Gasteiger partial charge in [0.2, 0.25) is 5.82 Å². The number of piperidine rings is 1. The van der Waals surface area contributed by atoms with E-state index in [0.29, 0.717) is 30.9 Å². The van der Waals surface area contributed by atoms with Crippen molar-refractivity contribution < 1.29 is 9.53 Å². The van der Waals surface area contributed by atoms with Gasteiger partial charge in [0.05, 0.1) is 19.4 Å². The summed E-state index contributed by atoms with van der Waals surface area (Å²) in [7, 11) is 0. The summed E-state index contributed by atoms with van der Waals surface area (Å²) < 4.78 is 7.45. The molecule has 0 bridgehead atoms. The molecule has 3 atom stereocenters. The van der Waals surface area contributed by atoms with E-state index in [1.807, 2.05) is 16.8 Å². The average Bonchev–Trinajstić information content (AvgIpc) is 3.28. The summed E-state index contributed by atoms with van der Waals surface area (Å²) in [4.78, 5) is 27.6. The molecule has 0 spiro atoms. The molecule has 172 valence electrons. The van der Waals surface area contributed by atoms with E-state index in [1.165, 1.54) is 24.8 Å². The van der Waals surface area contributed by atoms with Crippen molar-refractivity contribution in [2.75, 3.05) is 37.7 Å². The zero-order valence-electron chi connectivity index (χ0n) is 19.0. The predicted molar refractivity (Wildman–Crippen MR) is 127 cm³/mol. The van der Waals surface area contributed by atoms with Crippen LogP contribution in [0.1, 0.15) is 54.2 Å². The Hall–Kier alpha value is -2.93. The van der Waals surface area contributed by atoms with Crippen LogP contribution in [0.4, 0.5) is 5.82 Å². The fourth-order valence-corrected chi connectivity index (χ4v) is 6.23. The number of morpholine rings is 1. The van der Waals surface area contributed by atoms with Gasteiger partial charge in [0.15, 0.2) is 5.82 Å². The van der Waals surface area contributed by atoms with Gasteiger partial charge in [0, 0.05) is 38.1 Å². The topological polar surface area (TPSA) is 63.0 Å². The second kappa shape index (κ2) is 8.78. The quantitative estimate of drug-likeness (QED) is 0.614. The van der Waals surface area contributed by atoms with Gasteiger partial charge >= 0.3 is 0 Å². The van der Waals surface area contributed by atoms with E-state index < -0.39 is 0 Å². The molecule has 2 aliphatic heterocycles. The van der Waals surface area contributed by atoms with Crippen LogP contribution in [0.5, 0.6) is 0 Å². The minimum absolute atomic E-state index is 0.0547.